The number of rotatable bonds is 4. The van der Waals surface area contributed by atoms with Gasteiger partial charge in [0.15, 0.2) is 0 Å². The van der Waals surface area contributed by atoms with Crippen molar-refractivity contribution in [1.82, 2.24) is 4.90 Å². The van der Waals surface area contributed by atoms with Crippen molar-refractivity contribution in [3.63, 3.8) is 0 Å². The second-order valence-corrected chi connectivity index (χ2v) is 5.38. The van der Waals surface area contributed by atoms with Crippen LogP contribution in [0.4, 0.5) is 0 Å². The van der Waals surface area contributed by atoms with Gasteiger partial charge in [-0.25, -0.2) is 0 Å². The number of ether oxygens (including phenoxy) is 1. The molecule has 1 heterocycles. The van der Waals surface area contributed by atoms with Gasteiger partial charge in [0.1, 0.15) is 0 Å². The van der Waals surface area contributed by atoms with Crippen molar-refractivity contribution in [3.8, 4) is 0 Å². The predicted molar refractivity (Wildman–Crippen MR) is 65.5 cm³/mol. The van der Waals surface area contributed by atoms with E-state index in [0.29, 0.717) is 26.1 Å². The number of aliphatic hydroxyl groups is 1. The van der Waals surface area contributed by atoms with Crippen molar-refractivity contribution >= 4 is 5.91 Å². The van der Waals surface area contributed by atoms with E-state index in [1.165, 1.54) is 0 Å². The number of nitrogens with two attached hydrogens (primary N) is 1. The van der Waals surface area contributed by atoms with Gasteiger partial charge in [-0.1, -0.05) is 6.92 Å². The fraction of sp³-hybridized carbons (Fsp3) is 0.917. The maximum Gasteiger partial charge on any atom is 0.225 e. The highest BCUT2D eigenvalue weighted by atomic mass is 16.5. The molecule has 2 atom stereocenters. The van der Waals surface area contributed by atoms with Crippen molar-refractivity contribution in [2.75, 3.05) is 26.2 Å². The Balaban J connectivity index is 2.66. The van der Waals surface area contributed by atoms with Gasteiger partial charge in [-0.2, -0.15) is 0 Å². The zero-order valence-electron chi connectivity index (χ0n) is 11.0. The number of amides is 1. The van der Waals surface area contributed by atoms with Crippen LogP contribution in [0.3, 0.4) is 0 Å². The third kappa shape index (κ3) is 3.94. The van der Waals surface area contributed by atoms with Crippen LogP contribution in [0, 0.1) is 5.92 Å². The summed E-state index contributed by atoms with van der Waals surface area (Å²) in [5.74, 6) is 0.0403. The van der Waals surface area contributed by atoms with E-state index < -0.39 is 5.60 Å². The fourth-order valence-corrected chi connectivity index (χ4v) is 2.24. The van der Waals surface area contributed by atoms with Gasteiger partial charge in [0.25, 0.3) is 0 Å². The van der Waals surface area contributed by atoms with Gasteiger partial charge in [-0.3, -0.25) is 4.79 Å². The van der Waals surface area contributed by atoms with E-state index in [-0.39, 0.29) is 24.5 Å². The molecule has 5 nitrogen and oxygen atoms in total. The zero-order chi connectivity index (χ0) is 13.1. The van der Waals surface area contributed by atoms with E-state index in [1.807, 2.05) is 20.8 Å². The molecule has 1 aliphatic rings. The van der Waals surface area contributed by atoms with Crippen LogP contribution in [0.25, 0.3) is 0 Å². The highest BCUT2D eigenvalue weighted by molar-refractivity contribution is 5.78. The van der Waals surface area contributed by atoms with E-state index in [2.05, 4.69) is 0 Å². The maximum absolute atomic E-state index is 12.2. The van der Waals surface area contributed by atoms with Gasteiger partial charge < -0.3 is 20.5 Å². The molecule has 1 amide bonds. The molecule has 3 N–H and O–H groups in total. The Hall–Kier alpha value is -0.650. The Morgan fingerprint density at radius 3 is 2.82 bits per heavy atom. The molecular formula is C12H24N2O3. The van der Waals surface area contributed by atoms with Crippen molar-refractivity contribution < 1.29 is 14.6 Å². The van der Waals surface area contributed by atoms with Crippen LogP contribution in [0.5, 0.6) is 0 Å². The van der Waals surface area contributed by atoms with Crippen molar-refractivity contribution in [1.29, 1.82) is 0 Å². The number of carbonyl (C=O) groups excluding carboxylic acids is 1. The standard InChI is InChI=1S/C12H24N2O3/c1-9(4-5-13)11(16)14-6-10(7-15)17-12(2,3)8-14/h9-10,15H,4-8,13H2,1-3H3. The van der Waals surface area contributed by atoms with Gasteiger partial charge in [0.05, 0.1) is 18.3 Å². The molecule has 100 valence electrons. The number of morpholine rings is 1. The molecule has 0 aromatic rings. The summed E-state index contributed by atoms with van der Waals surface area (Å²) in [7, 11) is 0. The predicted octanol–water partition coefficient (Wildman–Crippen LogP) is -0.0304. The number of carbonyl (C=O) groups is 1. The van der Waals surface area contributed by atoms with E-state index in [9.17, 15) is 9.90 Å². The number of aliphatic hydroxyl groups excluding tert-OH is 1. The van der Waals surface area contributed by atoms with Crippen molar-refractivity contribution in [2.24, 2.45) is 11.7 Å². The lowest BCUT2D eigenvalue weighted by molar-refractivity contribution is -0.169. The Bertz CT molecular complexity index is 268. The highest BCUT2D eigenvalue weighted by Crippen LogP contribution is 2.22. The van der Waals surface area contributed by atoms with Crippen LogP contribution in [0.1, 0.15) is 27.2 Å². The lowest BCUT2D eigenvalue weighted by Crippen LogP contribution is -2.56. The number of hydrogen-bond donors (Lipinski definition) is 2. The van der Waals surface area contributed by atoms with Crippen LogP contribution in [0.15, 0.2) is 0 Å². The smallest absolute Gasteiger partial charge is 0.225 e. The second kappa shape index (κ2) is 5.80. The van der Waals surface area contributed by atoms with Crippen LogP contribution < -0.4 is 5.73 Å². The zero-order valence-corrected chi connectivity index (χ0v) is 11.0. The molecule has 0 aliphatic carbocycles. The summed E-state index contributed by atoms with van der Waals surface area (Å²) < 4.78 is 5.67. The molecule has 1 rings (SSSR count). The maximum atomic E-state index is 12.2. The summed E-state index contributed by atoms with van der Waals surface area (Å²) in [5, 5.41) is 9.18. The minimum absolute atomic E-state index is 0.0571. The first kappa shape index (κ1) is 14.4. The van der Waals surface area contributed by atoms with Crippen LogP contribution in [0.2, 0.25) is 0 Å². The molecule has 0 saturated carbocycles. The molecule has 1 aliphatic heterocycles. The fourth-order valence-electron chi connectivity index (χ4n) is 2.24. The Labute approximate surface area is 103 Å². The van der Waals surface area contributed by atoms with E-state index >= 15 is 0 Å². The molecule has 17 heavy (non-hydrogen) atoms. The summed E-state index contributed by atoms with van der Waals surface area (Å²) >= 11 is 0. The average molecular weight is 244 g/mol. The highest BCUT2D eigenvalue weighted by Gasteiger charge is 2.36. The molecule has 2 unspecified atom stereocenters. The Morgan fingerprint density at radius 2 is 2.29 bits per heavy atom. The van der Waals surface area contributed by atoms with E-state index in [4.69, 9.17) is 10.5 Å². The lowest BCUT2D eigenvalue weighted by atomic mass is 10.0. The molecule has 0 spiro atoms. The van der Waals surface area contributed by atoms with E-state index in [0.717, 1.165) is 0 Å². The molecule has 0 aromatic carbocycles. The third-order valence-electron chi connectivity index (χ3n) is 3.02. The topological polar surface area (TPSA) is 75.8 Å². The molecule has 1 saturated heterocycles. The first-order chi connectivity index (χ1) is 7.89. The second-order valence-electron chi connectivity index (χ2n) is 5.38. The van der Waals surface area contributed by atoms with Crippen molar-refractivity contribution in [3.05, 3.63) is 0 Å². The monoisotopic (exact) mass is 244 g/mol. The lowest BCUT2D eigenvalue weighted by Gasteiger charge is -2.43. The van der Waals surface area contributed by atoms with Gasteiger partial charge in [0, 0.05) is 19.0 Å². The third-order valence-corrected chi connectivity index (χ3v) is 3.02. The average Bonchev–Trinajstić information content (AvgIpc) is 2.26. The summed E-state index contributed by atoms with van der Waals surface area (Å²) in [5.41, 5.74) is 5.07. The molecular weight excluding hydrogens is 220 g/mol. The summed E-state index contributed by atoms with van der Waals surface area (Å²) in [6.07, 6.45) is 0.410. The van der Waals surface area contributed by atoms with Crippen LogP contribution in [-0.4, -0.2) is 53.9 Å². The van der Waals surface area contributed by atoms with Crippen molar-refractivity contribution in [2.45, 2.75) is 38.9 Å². The molecule has 0 radical (unpaired) electrons. The van der Waals surface area contributed by atoms with Gasteiger partial charge in [-0.15, -0.1) is 0 Å². The molecule has 1 fully saturated rings. The number of nitrogens with zero attached hydrogens (tertiary/aromatic N) is 1. The van der Waals surface area contributed by atoms with Gasteiger partial charge >= 0.3 is 0 Å². The molecule has 0 bridgehead atoms. The van der Waals surface area contributed by atoms with Crippen LogP contribution in [-0.2, 0) is 9.53 Å². The Kier molecular flexibility index (Phi) is 4.91. The first-order valence-corrected chi connectivity index (χ1v) is 6.17. The Morgan fingerprint density at radius 1 is 1.65 bits per heavy atom. The molecule has 0 aromatic heterocycles. The summed E-state index contributed by atoms with van der Waals surface area (Å²) in [6.45, 7) is 7.25. The van der Waals surface area contributed by atoms with Crippen LogP contribution >= 0.6 is 0 Å². The largest absolute Gasteiger partial charge is 0.394 e. The van der Waals surface area contributed by atoms with Gasteiger partial charge in [0.2, 0.25) is 5.91 Å². The quantitative estimate of drug-likeness (QED) is 0.728. The normalized spacial score (nSPS) is 25.7. The molecule has 5 heteroatoms. The van der Waals surface area contributed by atoms with Gasteiger partial charge in [-0.05, 0) is 26.8 Å². The minimum atomic E-state index is -0.399. The first-order valence-electron chi connectivity index (χ1n) is 6.17. The summed E-state index contributed by atoms with van der Waals surface area (Å²) in [4.78, 5) is 14.0. The number of hydrogen-bond acceptors (Lipinski definition) is 4. The SMILES string of the molecule is CC(CCN)C(=O)N1CC(CO)OC(C)(C)C1. The minimum Gasteiger partial charge on any atom is -0.394 e. The summed E-state index contributed by atoms with van der Waals surface area (Å²) in [6, 6.07) is 0. The van der Waals surface area contributed by atoms with E-state index in [1.54, 1.807) is 4.90 Å².